The van der Waals surface area contributed by atoms with E-state index in [-0.39, 0.29) is 0 Å². The Morgan fingerprint density at radius 2 is 1.90 bits per heavy atom. The zero-order chi connectivity index (χ0) is 7.72. The first-order valence-electron chi connectivity index (χ1n) is 2.76. The van der Waals surface area contributed by atoms with E-state index < -0.39 is 0 Å². The van der Waals surface area contributed by atoms with E-state index >= 15 is 0 Å². The summed E-state index contributed by atoms with van der Waals surface area (Å²) in [5.41, 5.74) is 1.19. The predicted octanol–water partition coefficient (Wildman–Crippen LogP) is 3.81. The van der Waals surface area contributed by atoms with Gasteiger partial charge in [-0.15, -0.1) is 12.6 Å². The third-order valence-corrected chi connectivity index (χ3v) is 3.86. The van der Waals surface area contributed by atoms with Crippen molar-refractivity contribution in [3.63, 3.8) is 0 Å². The van der Waals surface area contributed by atoms with Crippen molar-refractivity contribution in [2.45, 2.75) is 11.8 Å². The molecule has 1 aromatic rings. The van der Waals surface area contributed by atoms with Gasteiger partial charge < -0.3 is 0 Å². The van der Waals surface area contributed by atoms with Gasteiger partial charge in [-0.1, -0.05) is 15.9 Å². The Morgan fingerprint density at radius 1 is 1.30 bits per heavy atom. The van der Waals surface area contributed by atoms with Gasteiger partial charge in [-0.05, 0) is 40.5 Å². The van der Waals surface area contributed by atoms with Crippen LogP contribution in [0.1, 0.15) is 5.56 Å². The van der Waals surface area contributed by atoms with Gasteiger partial charge >= 0.3 is 0 Å². The van der Waals surface area contributed by atoms with E-state index in [1.807, 2.05) is 19.1 Å². The van der Waals surface area contributed by atoms with Gasteiger partial charge in [0, 0.05) is 13.8 Å². The van der Waals surface area contributed by atoms with Crippen LogP contribution < -0.4 is 0 Å². The summed E-state index contributed by atoms with van der Waals surface area (Å²) in [4.78, 5) is 0.973. The van der Waals surface area contributed by atoms with Gasteiger partial charge in [0.1, 0.15) is 0 Å². The van der Waals surface area contributed by atoms with E-state index in [2.05, 4.69) is 44.5 Å². The second-order valence-corrected chi connectivity index (χ2v) is 4.13. The summed E-state index contributed by atoms with van der Waals surface area (Å²) in [7, 11) is 0. The molecule has 0 spiro atoms. The van der Waals surface area contributed by atoms with Gasteiger partial charge in [0.15, 0.2) is 0 Å². The van der Waals surface area contributed by atoms with Crippen LogP contribution in [0.15, 0.2) is 26.0 Å². The molecule has 0 heterocycles. The molecule has 0 bridgehead atoms. The molecule has 0 saturated heterocycles. The Morgan fingerprint density at radius 3 is 2.40 bits per heavy atom. The lowest BCUT2D eigenvalue weighted by Crippen LogP contribution is -1.78. The molecule has 54 valence electrons. The molecule has 0 aliphatic rings. The first-order valence-corrected chi connectivity index (χ1v) is 4.80. The summed E-state index contributed by atoms with van der Waals surface area (Å²) in [6.07, 6.45) is 0. The standard InChI is InChI=1S/C7H6Br2S/c1-4-5(8)2-3-6(10)7(4)9/h2-3,10H,1H3. The van der Waals surface area contributed by atoms with Crippen molar-refractivity contribution in [3.8, 4) is 0 Å². The van der Waals surface area contributed by atoms with Crippen molar-refractivity contribution < 1.29 is 0 Å². The molecule has 0 atom stereocenters. The summed E-state index contributed by atoms with van der Waals surface area (Å²) >= 11 is 11.1. The molecule has 1 aromatic carbocycles. The SMILES string of the molecule is Cc1c(Br)ccc(S)c1Br. The molecule has 0 aliphatic carbocycles. The quantitative estimate of drug-likeness (QED) is 0.687. The third kappa shape index (κ3) is 1.57. The van der Waals surface area contributed by atoms with Crippen molar-refractivity contribution >= 4 is 44.5 Å². The average molecular weight is 282 g/mol. The normalized spacial score (nSPS) is 10.0. The average Bonchev–Trinajstić information content (AvgIpc) is 1.93. The minimum Gasteiger partial charge on any atom is -0.142 e. The number of thiol groups is 1. The van der Waals surface area contributed by atoms with Crippen molar-refractivity contribution in [2.24, 2.45) is 0 Å². The first-order chi connectivity index (χ1) is 4.63. The van der Waals surface area contributed by atoms with Crippen molar-refractivity contribution in [1.29, 1.82) is 0 Å². The van der Waals surface area contributed by atoms with Crippen LogP contribution in [-0.4, -0.2) is 0 Å². The van der Waals surface area contributed by atoms with Crippen LogP contribution in [0.2, 0.25) is 0 Å². The van der Waals surface area contributed by atoms with Gasteiger partial charge in [-0.25, -0.2) is 0 Å². The fourth-order valence-corrected chi connectivity index (χ4v) is 1.83. The second-order valence-electron chi connectivity index (χ2n) is 2.01. The molecule has 0 saturated carbocycles. The molecule has 0 aromatic heterocycles. The van der Waals surface area contributed by atoms with E-state index in [0.717, 1.165) is 13.8 Å². The number of benzene rings is 1. The summed E-state index contributed by atoms with van der Waals surface area (Å²) < 4.78 is 2.17. The zero-order valence-electron chi connectivity index (χ0n) is 5.36. The lowest BCUT2D eigenvalue weighted by molar-refractivity contribution is 1.29. The fourth-order valence-electron chi connectivity index (χ4n) is 0.647. The molecule has 10 heavy (non-hydrogen) atoms. The van der Waals surface area contributed by atoms with Gasteiger partial charge in [-0.3, -0.25) is 0 Å². The number of rotatable bonds is 0. The molecule has 0 amide bonds. The number of hydrogen-bond acceptors (Lipinski definition) is 1. The van der Waals surface area contributed by atoms with Crippen LogP contribution in [0.25, 0.3) is 0 Å². The van der Waals surface area contributed by atoms with E-state index in [1.54, 1.807) is 0 Å². The Labute approximate surface area is 82.7 Å². The van der Waals surface area contributed by atoms with E-state index in [4.69, 9.17) is 0 Å². The molecule has 0 nitrogen and oxygen atoms in total. The monoisotopic (exact) mass is 280 g/mol. The highest BCUT2D eigenvalue weighted by Crippen LogP contribution is 2.29. The Hall–Kier alpha value is 0.530. The maximum Gasteiger partial charge on any atom is 0.0349 e. The summed E-state index contributed by atoms with van der Waals surface area (Å²) in [5.74, 6) is 0. The van der Waals surface area contributed by atoms with Crippen LogP contribution in [0.5, 0.6) is 0 Å². The highest BCUT2D eigenvalue weighted by molar-refractivity contribution is 9.11. The number of hydrogen-bond donors (Lipinski definition) is 1. The largest absolute Gasteiger partial charge is 0.142 e. The molecule has 0 unspecified atom stereocenters. The van der Waals surface area contributed by atoms with Crippen LogP contribution in [0.4, 0.5) is 0 Å². The predicted molar refractivity (Wildman–Crippen MR) is 53.8 cm³/mol. The van der Waals surface area contributed by atoms with Crippen molar-refractivity contribution in [2.75, 3.05) is 0 Å². The highest BCUT2D eigenvalue weighted by atomic mass is 79.9. The van der Waals surface area contributed by atoms with Crippen LogP contribution >= 0.6 is 44.5 Å². The Balaban J connectivity index is 3.34. The van der Waals surface area contributed by atoms with Crippen LogP contribution in [-0.2, 0) is 0 Å². The van der Waals surface area contributed by atoms with Crippen LogP contribution in [0.3, 0.4) is 0 Å². The first kappa shape index (κ1) is 8.62. The molecule has 1 rings (SSSR count). The lowest BCUT2D eigenvalue weighted by atomic mass is 10.2. The van der Waals surface area contributed by atoms with E-state index in [0.29, 0.717) is 0 Å². The minimum atomic E-state index is 0.973. The van der Waals surface area contributed by atoms with Gasteiger partial charge in [0.25, 0.3) is 0 Å². The van der Waals surface area contributed by atoms with Gasteiger partial charge in [-0.2, -0.15) is 0 Å². The summed E-state index contributed by atoms with van der Waals surface area (Å²) in [6.45, 7) is 2.04. The fraction of sp³-hybridized carbons (Fsp3) is 0.143. The molecule has 0 aliphatic heterocycles. The van der Waals surface area contributed by atoms with Crippen molar-refractivity contribution in [3.05, 3.63) is 26.6 Å². The smallest absolute Gasteiger partial charge is 0.0349 e. The summed E-state index contributed by atoms with van der Waals surface area (Å²) in [6, 6.07) is 3.94. The van der Waals surface area contributed by atoms with E-state index in [1.165, 1.54) is 5.56 Å². The van der Waals surface area contributed by atoms with E-state index in [9.17, 15) is 0 Å². The van der Waals surface area contributed by atoms with Crippen LogP contribution in [0, 0.1) is 6.92 Å². The molecule has 0 fully saturated rings. The maximum absolute atomic E-state index is 4.25. The third-order valence-electron chi connectivity index (χ3n) is 1.30. The number of halogens is 2. The van der Waals surface area contributed by atoms with Crippen molar-refractivity contribution in [1.82, 2.24) is 0 Å². The highest BCUT2D eigenvalue weighted by Gasteiger charge is 2.01. The molecule has 0 radical (unpaired) electrons. The molecule has 3 heteroatoms. The molecular weight excluding hydrogens is 276 g/mol. The topological polar surface area (TPSA) is 0 Å². The Kier molecular flexibility index (Phi) is 2.83. The molecule has 0 N–H and O–H groups in total. The Bertz CT molecular complexity index is 231. The second kappa shape index (κ2) is 3.28. The molecular formula is C7H6Br2S. The lowest BCUT2D eigenvalue weighted by Gasteiger charge is -2.02. The zero-order valence-corrected chi connectivity index (χ0v) is 9.42. The van der Waals surface area contributed by atoms with Gasteiger partial charge in [0.05, 0.1) is 0 Å². The summed E-state index contributed by atoms with van der Waals surface area (Å²) in [5, 5.41) is 0. The van der Waals surface area contributed by atoms with Gasteiger partial charge in [0.2, 0.25) is 0 Å². The minimum absolute atomic E-state index is 0.973. The maximum atomic E-state index is 4.25.